The standard InChI is InChI=1S/C17H13F10N3O3S/c1-7-2-9(18)10(4-11(7)34-6-15(20,21)22)30-5-8(3-12(28)31)13(29-30)32-16(23,24)14(19)33-17(25,26)27/h2,4-5,14H,3,6H2,1H3,(H2,28,31). The zero-order chi connectivity index (χ0) is 26.1. The number of hydrogen-bond donors (Lipinski definition) is 1. The monoisotopic (exact) mass is 529 g/mol. The summed E-state index contributed by atoms with van der Waals surface area (Å²) in [6.45, 7) is 1.30. The van der Waals surface area contributed by atoms with E-state index in [4.69, 9.17) is 5.73 Å². The van der Waals surface area contributed by atoms with Crippen LogP contribution < -0.4 is 10.5 Å². The quantitative estimate of drug-likeness (QED) is 0.373. The van der Waals surface area contributed by atoms with E-state index in [1.165, 1.54) is 6.92 Å². The number of primary amides is 1. The van der Waals surface area contributed by atoms with Crippen molar-refractivity contribution < 1.29 is 58.2 Å². The number of nitrogens with zero attached hydrogens (tertiary/aromatic N) is 2. The maximum absolute atomic E-state index is 14.5. The summed E-state index contributed by atoms with van der Waals surface area (Å²) in [5.74, 6) is -4.91. The Hall–Kier alpha value is -2.69. The number of alkyl halides is 9. The molecular weight excluding hydrogens is 516 g/mol. The summed E-state index contributed by atoms with van der Waals surface area (Å²) >= 11 is 0.282. The van der Waals surface area contributed by atoms with Crippen molar-refractivity contribution in [1.29, 1.82) is 0 Å². The molecule has 2 N–H and O–H groups in total. The van der Waals surface area contributed by atoms with Gasteiger partial charge in [0.05, 0.1) is 12.2 Å². The highest BCUT2D eigenvalue weighted by Crippen LogP contribution is 2.35. The second kappa shape index (κ2) is 9.89. The van der Waals surface area contributed by atoms with Crippen LogP contribution >= 0.6 is 11.8 Å². The van der Waals surface area contributed by atoms with E-state index in [1.807, 2.05) is 0 Å². The van der Waals surface area contributed by atoms with Gasteiger partial charge in [0, 0.05) is 16.7 Å². The van der Waals surface area contributed by atoms with E-state index in [2.05, 4.69) is 14.6 Å². The number of hydrogen-bond acceptors (Lipinski definition) is 5. The number of nitrogens with two attached hydrogens (primary N) is 1. The highest BCUT2D eigenvalue weighted by atomic mass is 32.2. The van der Waals surface area contributed by atoms with Gasteiger partial charge in [-0.05, 0) is 24.6 Å². The summed E-state index contributed by atoms with van der Waals surface area (Å²) in [6, 6.07) is 1.70. The second-order valence-corrected chi connectivity index (χ2v) is 7.58. The van der Waals surface area contributed by atoms with E-state index in [-0.39, 0.29) is 22.2 Å². The predicted octanol–water partition coefficient (Wildman–Crippen LogP) is 4.81. The SMILES string of the molecule is Cc1cc(F)c(-n2cc(CC(N)=O)c(OC(F)(F)C(F)OC(F)(F)F)n2)cc1SCC(F)(F)F. The molecule has 1 aromatic heterocycles. The zero-order valence-electron chi connectivity index (χ0n) is 16.6. The number of carbonyl (C=O) groups excluding carboxylic acids is 1. The first-order valence-electron chi connectivity index (χ1n) is 8.70. The minimum absolute atomic E-state index is 0.0733. The number of carbonyl (C=O) groups is 1. The summed E-state index contributed by atoms with van der Waals surface area (Å²) in [4.78, 5) is 11.1. The van der Waals surface area contributed by atoms with Gasteiger partial charge in [-0.1, -0.05) is 0 Å². The summed E-state index contributed by atoms with van der Waals surface area (Å²) in [5, 5.41) is 3.37. The van der Waals surface area contributed by atoms with Crippen LogP contribution in [0.1, 0.15) is 11.1 Å². The third-order valence-corrected chi connectivity index (χ3v) is 4.96. The average molecular weight is 529 g/mol. The molecule has 1 unspecified atom stereocenters. The maximum atomic E-state index is 14.5. The van der Waals surface area contributed by atoms with Crippen molar-refractivity contribution in [3.8, 4) is 11.6 Å². The van der Waals surface area contributed by atoms with Gasteiger partial charge in [-0.15, -0.1) is 30.0 Å². The highest BCUT2D eigenvalue weighted by molar-refractivity contribution is 7.99. The molecule has 190 valence electrons. The summed E-state index contributed by atoms with van der Waals surface area (Å²) in [7, 11) is 0. The number of ether oxygens (including phenoxy) is 2. The van der Waals surface area contributed by atoms with Gasteiger partial charge in [0.2, 0.25) is 11.8 Å². The molecular formula is C17H13F10N3O3S. The minimum Gasteiger partial charge on any atom is -0.409 e. The molecule has 2 aromatic rings. The number of aryl methyl sites for hydroxylation is 1. The van der Waals surface area contributed by atoms with Crippen molar-refractivity contribution in [2.24, 2.45) is 5.73 Å². The van der Waals surface area contributed by atoms with Gasteiger partial charge in [0.15, 0.2) is 0 Å². The molecule has 0 spiro atoms. The van der Waals surface area contributed by atoms with Gasteiger partial charge in [-0.3, -0.25) is 4.79 Å². The molecule has 34 heavy (non-hydrogen) atoms. The molecule has 1 heterocycles. The molecule has 0 aliphatic rings. The first-order valence-corrected chi connectivity index (χ1v) is 9.69. The van der Waals surface area contributed by atoms with Crippen LogP contribution in [-0.4, -0.2) is 46.4 Å². The lowest BCUT2D eigenvalue weighted by atomic mass is 10.2. The molecule has 1 atom stereocenters. The Morgan fingerprint density at radius 2 is 1.79 bits per heavy atom. The van der Waals surface area contributed by atoms with E-state index in [0.717, 1.165) is 12.1 Å². The van der Waals surface area contributed by atoms with E-state index in [1.54, 1.807) is 0 Å². The van der Waals surface area contributed by atoms with Crippen LogP contribution in [0.15, 0.2) is 23.2 Å². The molecule has 1 aromatic carbocycles. The summed E-state index contributed by atoms with van der Waals surface area (Å²) in [6.07, 6.45) is -20.2. The Morgan fingerprint density at radius 3 is 2.32 bits per heavy atom. The summed E-state index contributed by atoms with van der Waals surface area (Å²) in [5.41, 5.74) is 3.83. The molecule has 6 nitrogen and oxygen atoms in total. The van der Waals surface area contributed by atoms with Crippen molar-refractivity contribution in [3.05, 3.63) is 35.3 Å². The van der Waals surface area contributed by atoms with E-state index < -0.39 is 66.0 Å². The Kier molecular flexibility index (Phi) is 8.02. The molecule has 0 saturated carbocycles. The van der Waals surface area contributed by atoms with Crippen molar-refractivity contribution in [2.45, 2.75) is 43.2 Å². The smallest absolute Gasteiger partial charge is 0.409 e. The van der Waals surface area contributed by atoms with Crippen molar-refractivity contribution in [3.63, 3.8) is 0 Å². The molecule has 0 bridgehead atoms. The largest absolute Gasteiger partial charge is 0.525 e. The van der Waals surface area contributed by atoms with E-state index in [9.17, 15) is 48.7 Å². The molecule has 0 aliphatic heterocycles. The highest BCUT2D eigenvalue weighted by Gasteiger charge is 2.51. The zero-order valence-corrected chi connectivity index (χ0v) is 17.4. The number of amides is 1. The van der Waals surface area contributed by atoms with Gasteiger partial charge >= 0.3 is 25.0 Å². The van der Waals surface area contributed by atoms with Gasteiger partial charge in [-0.2, -0.15) is 22.0 Å². The third kappa shape index (κ3) is 7.68. The van der Waals surface area contributed by atoms with Crippen LogP contribution in [0.2, 0.25) is 0 Å². The molecule has 17 heteroatoms. The van der Waals surface area contributed by atoms with Crippen LogP contribution in [0, 0.1) is 12.7 Å². The number of rotatable bonds is 9. The van der Waals surface area contributed by atoms with E-state index in [0.29, 0.717) is 10.9 Å². The fourth-order valence-electron chi connectivity index (χ4n) is 2.41. The van der Waals surface area contributed by atoms with Crippen LogP contribution in [0.25, 0.3) is 5.69 Å². The van der Waals surface area contributed by atoms with Crippen molar-refractivity contribution in [1.82, 2.24) is 9.78 Å². The van der Waals surface area contributed by atoms with Gasteiger partial charge in [0.1, 0.15) is 11.5 Å². The molecule has 0 saturated heterocycles. The Morgan fingerprint density at radius 1 is 1.18 bits per heavy atom. The topological polar surface area (TPSA) is 79.4 Å². The van der Waals surface area contributed by atoms with Gasteiger partial charge < -0.3 is 10.5 Å². The lowest BCUT2D eigenvalue weighted by Gasteiger charge is -2.21. The van der Waals surface area contributed by atoms with Crippen molar-refractivity contribution in [2.75, 3.05) is 5.75 Å². The van der Waals surface area contributed by atoms with Crippen LogP contribution in [0.4, 0.5) is 43.9 Å². The maximum Gasteiger partial charge on any atom is 0.525 e. The second-order valence-electron chi connectivity index (χ2n) is 6.56. The lowest BCUT2D eigenvalue weighted by Crippen LogP contribution is -2.41. The number of aromatic nitrogens is 2. The molecule has 1 amide bonds. The first kappa shape index (κ1) is 27.6. The molecule has 0 fully saturated rings. The van der Waals surface area contributed by atoms with Crippen LogP contribution in [0.5, 0.6) is 5.88 Å². The Labute approximate surface area is 188 Å². The third-order valence-electron chi connectivity index (χ3n) is 3.73. The minimum atomic E-state index is -5.79. The van der Waals surface area contributed by atoms with E-state index >= 15 is 0 Å². The van der Waals surface area contributed by atoms with Crippen molar-refractivity contribution >= 4 is 17.7 Å². The number of benzene rings is 1. The molecule has 0 aliphatic carbocycles. The Bertz CT molecular complexity index is 1040. The van der Waals surface area contributed by atoms with Gasteiger partial charge in [0.25, 0.3) is 0 Å². The normalized spacial score (nSPS) is 13.7. The van der Waals surface area contributed by atoms with Gasteiger partial charge in [-0.25, -0.2) is 18.2 Å². The summed E-state index contributed by atoms with van der Waals surface area (Å²) < 4.78 is 136. The average Bonchev–Trinajstić information content (AvgIpc) is 2.99. The number of halogens is 10. The Balaban J connectivity index is 2.46. The fraction of sp³-hybridized carbons (Fsp3) is 0.412. The predicted molar refractivity (Wildman–Crippen MR) is 95.5 cm³/mol. The fourth-order valence-corrected chi connectivity index (χ4v) is 3.21. The first-order chi connectivity index (χ1) is 15.4. The molecule has 0 radical (unpaired) electrons. The van der Waals surface area contributed by atoms with Crippen LogP contribution in [-0.2, 0) is 16.0 Å². The lowest BCUT2D eigenvalue weighted by molar-refractivity contribution is -0.411. The molecule has 2 rings (SSSR count). The number of thioether (sulfide) groups is 1. The van der Waals surface area contributed by atoms with Crippen LogP contribution in [0.3, 0.4) is 0 Å².